The molecule has 4 rings (SSSR count). The SMILES string of the molecule is c1ccc2nc3ccccc3nc2c1.c1ccccc1. The van der Waals surface area contributed by atoms with E-state index in [2.05, 4.69) is 9.97 Å². The Hall–Kier alpha value is -2.74. The molecule has 2 nitrogen and oxygen atoms in total. The fraction of sp³-hybridized carbons (Fsp3) is 0. The van der Waals surface area contributed by atoms with Gasteiger partial charge in [-0.2, -0.15) is 0 Å². The van der Waals surface area contributed by atoms with Crippen molar-refractivity contribution in [3.05, 3.63) is 84.9 Å². The zero-order valence-corrected chi connectivity index (χ0v) is 11.0. The van der Waals surface area contributed by atoms with E-state index in [-0.39, 0.29) is 0 Å². The summed E-state index contributed by atoms with van der Waals surface area (Å²) < 4.78 is 0. The second kappa shape index (κ2) is 5.93. The van der Waals surface area contributed by atoms with E-state index >= 15 is 0 Å². The summed E-state index contributed by atoms with van der Waals surface area (Å²) in [6.45, 7) is 0. The molecular formula is C18H14N2. The molecule has 1 aromatic heterocycles. The van der Waals surface area contributed by atoms with Crippen LogP contribution in [-0.2, 0) is 0 Å². The average Bonchev–Trinajstić information content (AvgIpc) is 2.55. The first-order valence-electron chi connectivity index (χ1n) is 6.55. The van der Waals surface area contributed by atoms with Crippen molar-refractivity contribution in [3.8, 4) is 0 Å². The molecule has 0 unspecified atom stereocenters. The van der Waals surface area contributed by atoms with Gasteiger partial charge in [-0.15, -0.1) is 0 Å². The third-order valence-electron chi connectivity index (χ3n) is 2.91. The molecule has 0 aliphatic heterocycles. The zero-order valence-electron chi connectivity index (χ0n) is 11.0. The highest BCUT2D eigenvalue weighted by molar-refractivity contribution is 5.85. The Kier molecular flexibility index (Phi) is 3.65. The van der Waals surface area contributed by atoms with Crippen molar-refractivity contribution in [1.29, 1.82) is 0 Å². The summed E-state index contributed by atoms with van der Waals surface area (Å²) in [6.07, 6.45) is 0. The maximum Gasteiger partial charge on any atom is 0.0894 e. The summed E-state index contributed by atoms with van der Waals surface area (Å²) in [5.41, 5.74) is 3.80. The molecule has 0 bridgehead atoms. The summed E-state index contributed by atoms with van der Waals surface area (Å²) in [5.74, 6) is 0. The Bertz CT molecular complexity index is 679. The molecule has 0 N–H and O–H groups in total. The number of fused-ring (bicyclic) bond motifs is 2. The number of aromatic nitrogens is 2. The molecule has 0 radical (unpaired) electrons. The van der Waals surface area contributed by atoms with Gasteiger partial charge < -0.3 is 0 Å². The van der Waals surface area contributed by atoms with Crippen LogP contribution in [0.25, 0.3) is 22.1 Å². The van der Waals surface area contributed by atoms with Crippen LogP contribution in [0.1, 0.15) is 0 Å². The lowest BCUT2D eigenvalue weighted by molar-refractivity contribution is 1.39. The Morgan fingerprint density at radius 1 is 0.350 bits per heavy atom. The van der Waals surface area contributed by atoms with Crippen molar-refractivity contribution in [1.82, 2.24) is 9.97 Å². The Labute approximate surface area is 117 Å². The minimum atomic E-state index is 0.950. The molecule has 4 aromatic rings. The van der Waals surface area contributed by atoms with E-state index < -0.39 is 0 Å². The van der Waals surface area contributed by atoms with Crippen molar-refractivity contribution < 1.29 is 0 Å². The number of para-hydroxylation sites is 4. The molecule has 0 spiro atoms. The van der Waals surface area contributed by atoms with Gasteiger partial charge in [0.15, 0.2) is 0 Å². The van der Waals surface area contributed by atoms with Crippen molar-refractivity contribution in [2.24, 2.45) is 0 Å². The molecule has 96 valence electrons. The summed E-state index contributed by atoms with van der Waals surface area (Å²) >= 11 is 0. The first kappa shape index (κ1) is 12.3. The van der Waals surface area contributed by atoms with E-state index in [1.807, 2.05) is 84.9 Å². The van der Waals surface area contributed by atoms with Gasteiger partial charge in [-0.3, -0.25) is 0 Å². The van der Waals surface area contributed by atoms with Crippen LogP contribution in [0.3, 0.4) is 0 Å². The Balaban J connectivity index is 0.000000170. The predicted molar refractivity (Wildman–Crippen MR) is 83.5 cm³/mol. The summed E-state index contributed by atoms with van der Waals surface area (Å²) in [5, 5.41) is 0. The van der Waals surface area contributed by atoms with Gasteiger partial charge in [0.05, 0.1) is 22.1 Å². The summed E-state index contributed by atoms with van der Waals surface area (Å²) in [6, 6.07) is 27.8. The van der Waals surface area contributed by atoms with E-state index in [1.165, 1.54) is 0 Å². The Morgan fingerprint density at radius 3 is 0.850 bits per heavy atom. The number of nitrogens with zero attached hydrogens (tertiary/aromatic N) is 2. The topological polar surface area (TPSA) is 25.8 Å². The van der Waals surface area contributed by atoms with Crippen molar-refractivity contribution in [2.45, 2.75) is 0 Å². The number of benzene rings is 3. The standard InChI is InChI=1S/C12H8N2.C6H6/c1-2-6-10-9(5-1)13-11-7-3-4-8-12(11)14-10;1-2-4-6-5-3-1/h1-8H;1-6H. The van der Waals surface area contributed by atoms with E-state index in [9.17, 15) is 0 Å². The molecule has 3 aromatic carbocycles. The monoisotopic (exact) mass is 258 g/mol. The van der Waals surface area contributed by atoms with Crippen LogP contribution in [-0.4, -0.2) is 9.97 Å². The number of rotatable bonds is 0. The number of hydrogen-bond donors (Lipinski definition) is 0. The van der Waals surface area contributed by atoms with Crippen LogP contribution in [0.2, 0.25) is 0 Å². The van der Waals surface area contributed by atoms with E-state index in [0.717, 1.165) is 22.1 Å². The highest BCUT2D eigenvalue weighted by Crippen LogP contribution is 2.14. The third kappa shape index (κ3) is 2.81. The van der Waals surface area contributed by atoms with Crippen LogP contribution < -0.4 is 0 Å². The minimum absolute atomic E-state index is 0.950. The first-order valence-corrected chi connectivity index (χ1v) is 6.55. The molecule has 0 saturated carbocycles. The van der Waals surface area contributed by atoms with Crippen molar-refractivity contribution in [2.75, 3.05) is 0 Å². The minimum Gasteiger partial charge on any atom is -0.245 e. The highest BCUT2D eigenvalue weighted by atomic mass is 14.8. The molecule has 0 saturated heterocycles. The summed E-state index contributed by atoms with van der Waals surface area (Å²) in [4.78, 5) is 9.03. The molecule has 0 aliphatic carbocycles. The third-order valence-corrected chi connectivity index (χ3v) is 2.91. The van der Waals surface area contributed by atoms with E-state index in [1.54, 1.807) is 0 Å². The van der Waals surface area contributed by atoms with Gasteiger partial charge in [0.2, 0.25) is 0 Å². The van der Waals surface area contributed by atoms with Gasteiger partial charge >= 0.3 is 0 Å². The maximum atomic E-state index is 4.52. The Morgan fingerprint density at radius 2 is 0.600 bits per heavy atom. The van der Waals surface area contributed by atoms with Gasteiger partial charge in [-0.05, 0) is 24.3 Å². The molecule has 1 heterocycles. The van der Waals surface area contributed by atoms with Gasteiger partial charge in [0, 0.05) is 0 Å². The van der Waals surface area contributed by atoms with Gasteiger partial charge in [-0.25, -0.2) is 9.97 Å². The molecule has 2 heteroatoms. The second-order valence-electron chi connectivity index (χ2n) is 4.36. The van der Waals surface area contributed by atoms with Crippen LogP contribution in [0.5, 0.6) is 0 Å². The largest absolute Gasteiger partial charge is 0.245 e. The van der Waals surface area contributed by atoms with E-state index in [0.29, 0.717) is 0 Å². The quantitative estimate of drug-likeness (QED) is 0.435. The fourth-order valence-electron chi connectivity index (χ4n) is 1.95. The van der Waals surface area contributed by atoms with Crippen LogP contribution >= 0.6 is 0 Å². The highest BCUT2D eigenvalue weighted by Gasteiger charge is 1.98. The molecule has 0 aliphatic rings. The van der Waals surface area contributed by atoms with Crippen molar-refractivity contribution in [3.63, 3.8) is 0 Å². The number of hydrogen-bond acceptors (Lipinski definition) is 2. The normalized spacial score (nSPS) is 10.0. The van der Waals surface area contributed by atoms with Crippen molar-refractivity contribution >= 4 is 22.1 Å². The average molecular weight is 258 g/mol. The molecule has 20 heavy (non-hydrogen) atoms. The van der Waals surface area contributed by atoms with Crippen LogP contribution in [0.15, 0.2) is 84.9 Å². The molecular weight excluding hydrogens is 244 g/mol. The lowest BCUT2D eigenvalue weighted by atomic mass is 10.2. The first-order chi connectivity index (χ1) is 9.93. The summed E-state index contributed by atoms with van der Waals surface area (Å²) in [7, 11) is 0. The maximum absolute atomic E-state index is 4.52. The molecule has 0 fully saturated rings. The second-order valence-corrected chi connectivity index (χ2v) is 4.36. The molecule has 0 amide bonds. The van der Waals surface area contributed by atoms with Gasteiger partial charge in [-0.1, -0.05) is 60.7 Å². The molecule has 0 atom stereocenters. The lowest BCUT2D eigenvalue weighted by Gasteiger charge is -1.98. The van der Waals surface area contributed by atoms with Crippen LogP contribution in [0.4, 0.5) is 0 Å². The van der Waals surface area contributed by atoms with Crippen LogP contribution in [0, 0.1) is 0 Å². The van der Waals surface area contributed by atoms with E-state index in [4.69, 9.17) is 0 Å². The zero-order chi connectivity index (χ0) is 13.6. The fourth-order valence-corrected chi connectivity index (χ4v) is 1.95. The smallest absolute Gasteiger partial charge is 0.0894 e. The van der Waals surface area contributed by atoms with Gasteiger partial charge in [0.1, 0.15) is 0 Å². The predicted octanol–water partition coefficient (Wildman–Crippen LogP) is 4.47. The van der Waals surface area contributed by atoms with Gasteiger partial charge in [0.25, 0.3) is 0 Å². The lowest BCUT2D eigenvalue weighted by Crippen LogP contribution is -1.85.